The molecule has 5 heteroatoms. The van der Waals surface area contributed by atoms with Crippen LogP contribution in [0, 0.1) is 0 Å². The molecule has 110 valence electrons. The maximum Gasteiger partial charge on any atom is 0.261 e. The number of fused-ring (bicyclic) bond motifs is 1. The van der Waals surface area contributed by atoms with Gasteiger partial charge in [-0.05, 0) is 24.3 Å². The van der Waals surface area contributed by atoms with Gasteiger partial charge >= 0.3 is 0 Å². The van der Waals surface area contributed by atoms with Gasteiger partial charge in [0.15, 0.2) is 0 Å². The first-order chi connectivity index (χ1) is 10.8. The summed E-state index contributed by atoms with van der Waals surface area (Å²) in [6, 6.07) is 14.1. The number of aldehydes is 1. The highest BCUT2D eigenvalue weighted by atomic mass is 16.5. The van der Waals surface area contributed by atoms with Gasteiger partial charge in [-0.1, -0.05) is 24.3 Å². The molecular weight excluding hydrogens is 280 g/mol. The van der Waals surface area contributed by atoms with E-state index in [1.54, 1.807) is 30.3 Å². The summed E-state index contributed by atoms with van der Waals surface area (Å²) in [7, 11) is 0. The average molecular weight is 294 g/mol. The second kappa shape index (κ2) is 6.22. The number of aromatic nitrogens is 2. The largest absolute Gasteiger partial charge is 0.492 e. The van der Waals surface area contributed by atoms with Crippen LogP contribution < -0.4 is 10.3 Å². The van der Waals surface area contributed by atoms with Crippen molar-refractivity contribution in [2.75, 3.05) is 6.61 Å². The Labute approximate surface area is 126 Å². The Morgan fingerprint density at radius 2 is 2.00 bits per heavy atom. The minimum absolute atomic E-state index is 0.0872. The fourth-order valence-corrected chi connectivity index (χ4v) is 2.20. The number of carbonyl (C=O) groups excluding carboxylic acids is 1. The maximum atomic E-state index is 12.3. The van der Waals surface area contributed by atoms with E-state index < -0.39 is 0 Å². The number of hydrogen-bond acceptors (Lipinski definition) is 4. The van der Waals surface area contributed by atoms with Crippen LogP contribution in [-0.4, -0.2) is 22.4 Å². The lowest BCUT2D eigenvalue weighted by Crippen LogP contribution is -2.23. The molecule has 0 saturated heterocycles. The quantitative estimate of drug-likeness (QED) is 0.677. The fraction of sp³-hybridized carbons (Fsp3) is 0.118. The number of nitrogens with zero attached hydrogens (tertiary/aromatic N) is 2. The minimum Gasteiger partial charge on any atom is -0.492 e. The molecule has 1 heterocycles. The Kier molecular flexibility index (Phi) is 3.96. The number of rotatable bonds is 5. The van der Waals surface area contributed by atoms with E-state index in [0.29, 0.717) is 35.4 Å². The number of benzene rings is 2. The van der Waals surface area contributed by atoms with Crippen molar-refractivity contribution in [2.45, 2.75) is 6.54 Å². The average Bonchev–Trinajstić information content (AvgIpc) is 2.57. The third-order valence-electron chi connectivity index (χ3n) is 3.33. The van der Waals surface area contributed by atoms with Gasteiger partial charge in [0.25, 0.3) is 5.56 Å². The van der Waals surface area contributed by atoms with Crippen LogP contribution in [0.5, 0.6) is 5.75 Å². The van der Waals surface area contributed by atoms with Crippen molar-refractivity contribution >= 4 is 17.2 Å². The van der Waals surface area contributed by atoms with Gasteiger partial charge in [0, 0.05) is 5.56 Å². The smallest absolute Gasteiger partial charge is 0.261 e. The van der Waals surface area contributed by atoms with Crippen molar-refractivity contribution < 1.29 is 9.53 Å². The van der Waals surface area contributed by atoms with Gasteiger partial charge in [-0.15, -0.1) is 0 Å². The standard InChI is InChI=1S/C17H14N2O3/c20-11-13-4-3-5-14(10-13)22-9-8-19-12-18-16-7-2-1-6-15(16)17(19)21/h1-7,10-12H,8-9H2. The van der Waals surface area contributed by atoms with Gasteiger partial charge in [-0.3, -0.25) is 14.2 Å². The van der Waals surface area contributed by atoms with Crippen molar-refractivity contribution in [3.63, 3.8) is 0 Å². The molecule has 0 aliphatic rings. The molecule has 0 aliphatic heterocycles. The van der Waals surface area contributed by atoms with Crippen LogP contribution in [0.3, 0.4) is 0 Å². The van der Waals surface area contributed by atoms with Gasteiger partial charge in [0.2, 0.25) is 0 Å². The molecule has 0 atom stereocenters. The molecule has 0 amide bonds. The van der Waals surface area contributed by atoms with Crippen LogP contribution in [-0.2, 0) is 6.54 Å². The van der Waals surface area contributed by atoms with E-state index in [-0.39, 0.29) is 5.56 Å². The molecule has 0 unspecified atom stereocenters. The molecule has 22 heavy (non-hydrogen) atoms. The molecule has 3 aromatic rings. The summed E-state index contributed by atoms with van der Waals surface area (Å²) in [6.07, 6.45) is 2.29. The monoisotopic (exact) mass is 294 g/mol. The van der Waals surface area contributed by atoms with Crippen molar-refractivity contribution in [3.8, 4) is 5.75 Å². The summed E-state index contributed by atoms with van der Waals surface area (Å²) < 4.78 is 7.09. The van der Waals surface area contributed by atoms with E-state index in [9.17, 15) is 9.59 Å². The van der Waals surface area contributed by atoms with E-state index in [2.05, 4.69) is 4.98 Å². The van der Waals surface area contributed by atoms with E-state index >= 15 is 0 Å². The third-order valence-corrected chi connectivity index (χ3v) is 3.33. The highest BCUT2D eigenvalue weighted by molar-refractivity contribution is 5.77. The van der Waals surface area contributed by atoms with Crippen LogP contribution in [0.25, 0.3) is 10.9 Å². The Hall–Kier alpha value is -2.95. The normalized spacial score (nSPS) is 10.5. The first kappa shape index (κ1) is 14.0. The summed E-state index contributed by atoms with van der Waals surface area (Å²) >= 11 is 0. The van der Waals surface area contributed by atoms with Crippen LogP contribution in [0.15, 0.2) is 59.7 Å². The predicted octanol–water partition coefficient (Wildman–Crippen LogP) is 2.29. The highest BCUT2D eigenvalue weighted by Crippen LogP contribution is 2.12. The second-order valence-corrected chi connectivity index (χ2v) is 4.80. The zero-order valence-corrected chi connectivity index (χ0v) is 11.8. The Bertz CT molecular complexity index is 871. The molecule has 0 radical (unpaired) electrons. The van der Waals surface area contributed by atoms with Gasteiger partial charge < -0.3 is 4.74 Å². The second-order valence-electron chi connectivity index (χ2n) is 4.80. The van der Waals surface area contributed by atoms with Crippen LogP contribution in [0.4, 0.5) is 0 Å². The summed E-state index contributed by atoms with van der Waals surface area (Å²) in [6.45, 7) is 0.713. The van der Waals surface area contributed by atoms with Gasteiger partial charge in [0.05, 0.1) is 23.8 Å². The lowest BCUT2D eigenvalue weighted by molar-refractivity contribution is 0.112. The summed E-state index contributed by atoms with van der Waals surface area (Å²) in [5.41, 5.74) is 1.15. The van der Waals surface area contributed by atoms with Crippen molar-refractivity contribution in [2.24, 2.45) is 0 Å². The fourth-order valence-electron chi connectivity index (χ4n) is 2.20. The lowest BCUT2D eigenvalue weighted by atomic mass is 10.2. The zero-order chi connectivity index (χ0) is 15.4. The van der Waals surface area contributed by atoms with Crippen molar-refractivity contribution in [1.82, 2.24) is 9.55 Å². The number of ether oxygens (including phenoxy) is 1. The Morgan fingerprint density at radius 1 is 1.14 bits per heavy atom. The summed E-state index contributed by atoms with van der Waals surface area (Å²) in [4.78, 5) is 27.3. The van der Waals surface area contributed by atoms with Gasteiger partial charge in [0.1, 0.15) is 18.6 Å². The molecule has 0 spiro atoms. The zero-order valence-electron chi connectivity index (χ0n) is 11.8. The summed E-state index contributed by atoms with van der Waals surface area (Å²) in [5, 5.41) is 0.591. The van der Waals surface area contributed by atoms with Gasteiger partial charge in [-0.2, -0.15) is 0 Å². The van der Waals surface area contributed by atoms with E-state index in [1.807, 2.05) is 18.2 Å². The first-order valence-electron chi connectivity index (χ1n) is 6.90. The number of hydrogen-bond donors (Lipinski definition) is 0. The number of carbonyl (C=O) groups is 1. The Morgan fingerprint density at radius 3 is 2.86 bits per heavy atom. The molecule has 5 nitrogen and oxygen atoms in total. The summed E-state index contributed by atoms with van der Waals surface area (Å²) in [5.74, 6) is 0.603. The van der Waals surface area contributed by atoms with Crippen molar-refractivity contribution in [1.29, 1.82) is 0 Å². The SMILES string of the molecule is O=Cc1cccc(OCCn2cnc3ccccc3c2=O)c1. The first-order valence-corrected chi connectivity index (χ1v) is 6.90. The predicted molar refractivity (Wildman–Crippen MR) is 83.3 cm³/mol. The van der Waals surface area contributed by atoms with Crippen LogP contribution >= 0.6 is 0 Å². The minimum atomic E-state index is -0.0872. The molecule has 2 aromatic carbocycles. The molecule has 3 rings (SSSR count). The van der Waals surface area contributed by atoms with E-state index in [0.717, 1.165) is 6.29 Å². The highest BCUT2D eigenvalue weighted by Gasteiger charge is 2.03. The van der Waals surface area contributed by atoms with E-state index in [4.69, 9.17) is 4.74 Å². The third kappa shape index (κ3) is 2.88. The Balaban J connectivity index is 1.72. The molecular formula is C17H14N2O3. The molecule has 0 bridgehead atoms. The van der Waals surface area contributed by atoms with Crippen molar-refractivity contribution in [3.05, 3.63) is 70.8 Å². The van der Waals surface area contributed by atoms with Gasteiger partial charge in [-0.25, -0.2) is 4.98 Å². The maximum absolute atomic E-state index is 12.3. The van der Waals surface area contributed by atoms with E-state index in [1.165, 1.54) is 10.9 Å². The lowest BCUT2D eigenvalue weighted by Gasteiger charge is -2.09. The molecule has 0 fully saturated rings. The van der Waals surface area contributed by atoms with Crippen LogP contribution in [0.2, 0.25) is 0 Å². The van der Waals surface area contributed by atoms with Crippen LogP contribution in [0.1, 0.15) is 10.4 Å². The molecule has 0 aliphatic carbocycles. The topological polar surface area (TPSA) is 61.2 Å². The number of para-hydroxylation sites is 1. The molecule has 1 aromatic heterocycles. The molecule has 0 N–H and O–H groups in total. The molecule has 0 saturated carbocycles.